The van der Waals surface area contributed by atoms with E-state index in [2.05, 4.69) is 5.10 Å². The highest BCUT2D eigenvalue weighted by Crippen LogP contribution is 1.98. The van der Waals surface area contributed by atoms with Crippen molar-refractivity contribution in [2.24, 2.45) is 0 Å². The van der Waals surface area contributed by atoms with Gasteiger partial charge >= 0.3 is 0 Å². The zero-order valence-corrected chi connectivity index (χ0v) is 7.18. The molecule has 72 valence electrons. The minimum absolute atomic E-state index is 0.118. The van der Waals surface area contributed by atoms with Gasteiger partial charge in [-0.15, -0.1) is 0 Å². The summed E-state index contributed by atoms with van der Waals surface area (Å²) in [5.74, 6) is -0.122. The molecule has 13 heavy (non-hydrogen) atoms. The molecule has 2 N–H and O–H groups in total. The molecule has 0 spiro atoms. The molecule has 0 amide bonds. The third-order valence-electron chi connectivity index (χ3n) is 1.63. The quantitative estimate of drug-likeness (QED) is 0.631. The van der Waals surface area contributed by atoms with E-state index >= 15 is 0 Å². The summed E-state index contributed by atoms with van der Waals surface area (Å²) < 4.78 is 1.26. The Labute approximate surface area is 75.3 Å². The number of rotatable bonds is 4. The highest BCUT2D eigenvalue weighted by molar-refractivity contribution is 5.10. The van der Waals surface area contributed by atoms with Gasteiger partial charge in [0.2, 0.25) is 0 Å². The molecule has 0 aromatic carbocycles. The molecular formula is C8H12N2O3. The van der Waals surface area contributed by atoms with Crippen LogP contribution in [0, 0.1) is 0 Å². The molecule has 0 unspecified atom stereocenters. The van der Waals surface area contributed by atoms with Gasteiger partial charge in [-0.3, -0.25) is 4.79 Å². The van der Waals surface area contributed by atoms with Gasteiger partial charge in [-0.05, 0) is 12.8 Å². The molecule has 0 fully saturated rings. The van der Waals surface area contributed by atoms with Crippen LogP contribution in [0.4, 0.5) is 0 Å². The number of nitrogens with zero attached hydrogens (tertiary/aromatic N) is 2. The zero-order valence-electron chi connectivity index (χ0n) is 7.18. The molecule has 0 saturated carbocycles. The topological polar surface area (TPSA) is 75.3 Å². The molecule has 0 aliphatic rings. The number of aryl methyl sites for hydroxylation is 1. The van der Waals surface area contributed by atoms with E-state index in [9.17, 15) is 4.79 Å². The maximum Gasteiger partial charge on any atom is 0.270 e. The molecule has 1 rings (SSSR count). The maximum absolute atomic E-state index is 11.1. The Balaban J connectivity index is 2.62. The standard InChI is InChI=1S/C8H12N2O3/c11-4-2-1-3-10-8(13)5-7(12)6-9-10/h5-6,11-12H,1-4H2. The van der Waals surface area contributed by atoms with Crippen LogP contribution in [0.5, 0.6) is 5.75 Å². The monoisotopic (exact) mass is 184 g/mol. The van der Waals surface area contributed by atoms with Crippen LogP contribution in [0.3, 0.4) is 0 Å². The zero-order chi connectivity index (χ0) is 9.68. The SMILES string of the molecule is O=c1cc(O)cnn1CCCCO. The van der Waals surface area contributed by atoms with Crippen LogP contribution in [-0.2, 0) is 6.54 Å². The van der Waals surface area contributed by atoms with E-state index in [0.717, 1.165) is 6.07 Å². The van der Waals surface area contributed by atoms with Gasteiger partial charge in [-0.1, -0.05) is 0 Å². The van der Waals surface area contributed by atoms with Crippen molar-refractivity contribution >= 4 is 0 Å². The van der Waals surface area contributed by atoms with Crippen molar-refractivity contribution in [3.05, 3.63) is 22.6 Å². The lowest BCUT2D eigenvalue weighted by atomic mass is 10.3. The highest BCUT2D eigenvalue weighted by atomic mass is 16.3. The van der Waals surface area contributed by atoms with E-state index in [-0.39, 0.29) is 17.9 Å². The third kappa shape index (κ3) is 2.87. The van der Waals surface area contributed by atoms with Crippen molar-refractivity contribution in [1.29, 1.82) is 0 Å². The van der Waals surface area contributed by atoms with Crippen molar-refractivity contribution < 1.29 is 10.2 Å². The first-order valence-electron chi connectivity index (χ1n) is 4.11. The van der Waals surface area contributed by atoms with Crippen LogP contribution in [0.25, 0.3) is 0 Å². The number of hydrogen-bond acceptors (Lipinski definition) is 4. The molecular weight excluding hydrogens is 172 g/mol. The van der Waals surface area contributed by atoms with Gasteiger partial charge in [0.15, 0.2) is 0 Å². The molecule has 0 bridgehead atoms. The van der Waals surface area contributed by atoms with Gasteiger partial charge in [0.1, 0.15) is 5.75 Å². The second-order valence-electron chi connectivity index (χ2n) is 2.71. The van der Waals surface area contributed by atoms with Crippen LogP contribution >= 0.6 is 0 Å². The van der Waals surface area contributed by atoms with Crippen LogP contribution in [-0.4, -0.2) is 26.6 Å². The van der Waals surface area contributed by atoms with Gasteiger partial charge in [0.25, 0.3) is 5.56 Å². The van der Waals surface area contributed by atoms with Crippen molar-refractivity contribution in [3.8, 4) is 5.75 Å². The average molecular weight is 184 g/mol. The molecule has 0 radical (unpaired) electrons. The predicted molar refractivity (Wildman–Crippen MR) is 46.5 cm³/mol. The molecule has 5 nitrogen and oxygen atoms in total. The molecule has 0 aliphatic carbocycles. The Hall–Kier alpha value is -1.36. The normalized spacial score (nSPS) is 10.2. The molecule has 1 aromatic rings. The lowest BCUT2D eigenvalue weighted by molar-refractivity contribution is 0.279. The number of aromatic hydroxyl groups is 1. The summed E-state index contributed by atoms with van der Waals surface area (Å²) in [4.78, 5) is 11.1. The Morgan fingerprint density at radius 1 is 1.46 bits per heavy atom. The Morgan fingerprint density at radius 3 is 2.85 bits per heavy atom. The Kier molecular flexibility index (Phi) is 3.45. The van der Waals surface area contributed by atoms with Gasteiger partial charge < -0.3 is 10.2 Å². The van der Waals surface area contributed by atoms with Crippen LogP contribution in [0.15, 0.2) is 17.1 Å². The van der Waals surface area contributed by atoms with Gasteiger partial charge in [-0.2, -0.15) is 5.10 Å². The van der Waals surface area contributed by atoms with Crippen molar-refractivity contribution in [1.82, 2.24) is 9.78 Å². The van der Waals surface area contributed by atoms with Crippen molar-refractivity contribution in [3.63, 3.8) is 0 Å². The smallest absolute Gasteiger partial charge is 0.270 e. The fourth-order valence-electron chi connectivity index (χ4n) is 0.965. The van der Waals surface area contributed by atoms with Crippen molar-refractivity contribution in [2.75, 3.05) is 6.61 Å². The minimum Gasteiger partial charge on any atom is -0.506 e. The first-order valence-corrected chi connectivity index (χ1v) is 4.11. The van der Waals surface area contributed by atoms with E-state index in [1.165, 1.54) is 10.9 Å². The summed E-state index contributed by atoms with van der Waals surface area (Å²) in [7, 11) is 0. The van der Waals surface area contributed by atoms with E-state index in [1.807, 2.05) is 0 Å². The molecule has 0 atom stereocenters. The van der Waals surface area contributed by atoms with Crippen LogP contribution in [0.2, 0.25) is 0 Å². The fourth-order valence-corrected chi connectivity index (χ4v) is 0.965. The van der Waals surface area contributed by atoms with Gasteiger partial charge in [0, 0.05) is 19.2 Å². The second-order valence-corrected chi connectivity index (χ2v) is 2.71. The molecule has 0 saturated heterocycles. The Morgan fingerprint density at radius 2 is 2.23 bits per heavy atom. The van der Waals surface area contributed by atoms with Gasteiger partial charge in [-0.25, -0.2) is 4.68 Å². The van der Waals surface area contributed by atoms with E-state index in [4.69, 9.17) is 10.2 Å². The average Bonchev–Trinajstić information content (AvgIpc) is 2.09. The Bertz CT molecular complexity index is 321. The predicted octanol–water partition coefficient (Wildman–Crippen LogP) is -0.279. The number of unbranched alkanes of at least 4 members (excludes halogenated alkanes) is 1. The summed E-state index contributed by atoms with van der Waals surface area (Å²) in [5.41, 5.74) is -0.321. The highest BCUT2D eigenvalue weighted by Gasteiger charge is 1.97. The minimum atomic E-state index is -0.321. The summed E-state index contributed by atoms with van der Waals surface area (Å²) in [5, 5.41) is 21.1. The summed E-state index contributed by atoms with van der Waals surface area (Å²) in [6, 6.07) is 1.12. The third-order valence-corrected chi connectivity index (χ3v) is 1.63. The number of hydrogen-bond donors (Lipinski definition) is 2. The molecule has 1 aromatic heterocycles. The molecule has 1 heterocycles. The van der Waals surface area contributed by atoms with E-state index in [0.29, 0.717) is 19.4 Å². The lowest BCUT2D eigenvalue weighted by Crippen LogP contribution is -2.21. The second kappa shape index (κ2) is 4.61. The number of aliphatic hydroxyl groups excluding tert-OH is 1. The summed E-state index contributed by atoms with van der Waals surface area (Å²) in [6.07, 6.45) is 2.57. The van der Waals surface area contributed by atoms with Crippen LogP contribution in [0.1, 0.15) is 12.8 Å². The van der Waals surface area contributed by atoms with E-state index < -0.39 is 0 Å². The summed E-state index contributed by atoms with van der Waals surface area (Å²) >= 11 is 0. The number of aromatic nitrogens is 2. The van der Waals surface area contributed by atoms with Gasteiger partial charge in [0.05, 0.1) is 6.20 Å². The molecule has 0 aliphatic heterocycles. The first-order chi connectivity index (χ1) is 6.24. The largest absolute Gasteiger partial charge is 0.506 e. The van der Waals surface area contributed by atoms with Crippen LogP contribution < -0.4 is 5.56 Å². The van der Waals surface area contributed by atoms with E-state index in [1.54, 1.807) is 0 Å². The lowest BCUT2D eigenvalue weighted by Gasteiger charge is -2.02. The molecule has 5 heteroatoms. The fraction of sp³-hybridized carbons (Fsp3) is 0.500. The number of aliphatic hydroxyl groups is 1. The van der Waals surface area contributed by atoms with Crippen molar-refractivity contribution in [2.45, 2.75) is 19.4 Å². The first kappa shape index (κ1) is 9.73. The summed E-state index contributed by atoms with van der Waals surface area (Å²) in [6.45, 7) is 0.590. The maximum atomic E-state index is 11.1.